The molecule has 0 atom stereocenters. The molecule has 4 aromatic heterocycles. The quantitative estimate of drug-likeness (QED) is 0.428. The SMILES string of the molecule is Cc1cc(C(F)F)n2ncc(C(=O)Nc3c(C(N)=O)sc4nc(C(F)F)cc(C)c34)c2n1. The number of halogens is 4. The molecule has 4 heterocycles. The lowest BCUT2D eigenvalue weighted by Gasteiger charge is -2.08. The third kappa shape index (κ3) is 3.53. The highest BCUT2D eigenvalue weighted by molar-refractivity contribution is 7.21. The van der Waals surface area contributed by atoms with Crippen molar-refractivity contribution in [2.75, 3.05) is 5.32 Å². The first-order valence-corrected chi connectivity index (χ1v) is 9.87. The van der Waals surface area contributed by atoms with E-state index in [2.05, 4.69) is 20.4 Å². The summed E-state index contributed by atoms with van der Waals surface area (Å²) in [4.78, 5) is 32.9. The molecule has 0 aliphatic heterocycles. The van der Waals surface area contributed by atoms with Gasteiger partial charge in [-0.1, -0.05) is 0 Å². The second-order valence-electron chi connectivity index (χ2n) is 6.89. The van der Waals surface area contributed by atoms with Gasteiger partial charge < -0.3 is 11.1 Å². The Labute approximate surface area is 181 Å². The summed E-state index contributed by atoms with van der Waals surface area (Å²) in [6, 6.07) is 2.30. The number of carbonyl (C=O) groups is 2. The van der Waals surface area contributed by atoms with Gasteiger partial charge in [-0.3, -0.25) is 9.59 Å². The number of hydrogen-bond donors (Lipinski definition) is 2. The van der Waals surface area contributed by atoms with Crippen LogP contribution < -0.4 is 11.1 Å². The average molecular weight is 466 g/mol. The standard InChI is InChI=1S/C19H14F4N6O2S/c1-6-3-9(14(20)21)27-19-11(6)12(13(32-19)16(24)30)28-18(31)8-5-25-29-10(15(22)23)4-7(2)26-17(8)29/h3-5,14-15H,1-2H3,(H2,24,30)(H,28,31). The van der Waals surface area contributed by atoms with E-state index in [-0.39, 0.29) is 37.7 Å². The van der Waals surface area contributed by atoms with Gasteiger partial charge in [0.05, 0.1) is 11.9 Å². The van der Waals surface area contributed by atoms with Crippen molar-refractivity contribution in [1.82, 2.24) is 19.6 Å². The summed E-state index contributed by atoms with van der Waals surface area (Å²) in [6.45, 7) is 3.02. The van der Waals surface area contributed by atoms with Gasteiger partial charge in [0.25, 0.3) is 24.7 Å². The van der Waals surface area contributed by atoms with Crippen LogP contribution in [0.3, 0.4) is 0 Å². The molecule has 0 unspecified atom stereocenters. The molecule has 0 spiro atoms. The number of nitrogens with one attached hydrogen (secondary N) is 1. The number of pyridine rings is 1. The fourth-order valence-electron chi connectivity index (χ4n) is 3.32. The van der Waals surface area contributed by atoms with E-state index >= 15 is 0 Å². The van der Waals surface area contributed by atoms with E-state index in [0.29, 0.717) is 5.56 Å². The number of aryl methyl sites for hydroxylation is 2. The molecule has 0 saturated carbocycles. The van der Waals surface area contributed by atoms with Crippen LogP contribution in [-0.2, 0) is 0 Å². The molecule has 0 aliphatic rings. The van der Waals surface area contributed by atoms with Crippen LogP contribution in [0.2, 0.25) is 0 Å². The number of hydrogen-bond acceptors (Lipinski definition) is 6. The summed E-state index contributed by atoms with van der Waals surface area (Å²) in [5.74, 6) is -1.69. The highest BCUT2D eigenvalue weighted by Crippen LogP contribution is 2.38. The molecule has 8 nitrogen and oxygen atoms in total. The monoisotopic (exact) mass is 466 g/mol. The Morgan fingerprint density at radius 1 is 1.12 bits per heavy atom. The molecule has 2 amide bonds. The average Bonchev–Trinajstić information content (AvgIpc) is 3.29. The number of fused-ring (bicyclic) bond motifs is 2. The molecular weight excluding hydrogens is 452 g/mol. The predicted molar refractivity (Wildman–Crippen MR) is 108 cm³/mol. The molecule has 4 rings (SSSR count). The van der Waals surface area contributed by atoms with Crippen LogP contribution in [-0.4, -0.2) is 31.4 Å². The lowest BCUT2D eigenvalue weighted by molar-refractivity contribution is 0.100. The van der Waals surface area contributed by atoms with E-state index in [9.17, 15) is 27.2 Å². The number of rotatable bonds is 5. The molecule has 3 N–H and O–H groups in total. The largest absolute Gasteiger partial charge is 0.365 e. The topological polar surface area (TPSA) is 115 Å². The number of alkyl halides is 4. The van der Waals surface area contributed by atoms with E-state index in [1.54, 1.807) is 0 Å². The molecule has 0 aliphatic carbocycles. The van der Waals surface area contributed by atoms with Crippen molar-refractivity contribution in [3.63, 3.8) is 0 Å². The fourth-order valence-corrected chi connectivity index (χ4v) is 4.39. The van der Waals surface area contributed by atoms with Crippen LogP contribution in [0.5, 0.6) is 0 Å². The van der Waals surface area contributed by atoms with Gasteiger partial charge in [0.2, 0.25) is 0 Å². The van der Waals surface area contributed by atoms with Gasteiger partial charge in [0, 0.05) is 11.1 Å². The van der Waals surface area contributed by atoms with Gasteiger partial charge in [0.15, 0.2) is 5.65 Å². The minimum absolute atomic E-state index is 0.00518. The zero-order valence-electron chi connectivity index (χ0n) is 16.5. The summed E-state index contributed by atoms with van der Waals surface area (Å²) in [7, 11) is 0. The number of aromatic nitrogens is 4. The van der Waals surface area contributed by atoms with E-state index in [1.165, 1.54) is 13.8 Å². The number of thiophene rings is 1. The van der Waals surface area contributed by atoms with E-state index in [4.69, 9.17) is 5.73 Å². The lowest BCUT2D eigenvalue weighted by atomic mass is 10.1. The summed E-state index contributed by atoms with van der Waals surface area (Å²) in [5, 5.41) is 6.63. The molecule has 32 heavy (non-hydrogen) atoms. The molecule has 0 aromatic carbocycles. The van der Waals surface area contributed by atoms with Crippen LogP contribution in [0.1, 0.15) is 55.5 Å². The zero-order valence-corrected chi connectivity index (χ0v) is 17.3. The number of amides is 2. The molecule has 4 aromatic rings. The normalized spacial score (nSPS) is 11.8. The second kappa shape index (κ2) is 7.82. The first-order chi connectivity index (χ1) is 15.1. The minimum atomic E-state index is -2.85. The van der Waals surface area contributed by atoms with E-state index in [0.717, 1.165) is 34.2 Å². The molecular formula is C19H14F4N6O2S. The Kier molecular flexibility index (Phi) is 5.28. The summed E-state index contributed by atoms with van der Waals surface area (Å²) in [6.07, 6.45) is -4.61. The van der Waals surface area contributed by atoms with Crippen molar-refractivity contribution >= 4 is 44.7 Å². The van der Waals surface area contributed by atoms with Crippen LogP contribution in [0.15, 0.2) is 18.3 Å². The second-order valence-corrected chi connectivity index (χ2v) is 7.89. The Bertz CT molecular complexity index is 1400. The van der Waals surface area contributed by atoms with Crippen molar-refractivity contribution in [1.29, 1.82) is 0 Å². The molecule has 0 bridgehead atoms. The van der Waals surface area contributed by atoms with Gasteiger partial charge in [-0.25, -0.2) is 32.0 Å². The molecule has 0 saturated heterocycles. The maximum Gasteiger partial charge on any atom is 0.280 e. The van der Waals surface area contributed by atoms with Gasteiger partial charge in [-0.15, -0.1) is 11.3 Å². The first kappa shape index (κ1) is 21.6. The minimum Gasteiger partial charge on any atom is -0.365 e. The van der Waals surface area contributed by atoms with E-state index in [1.807, 2.05) is 0 Å². The van der Waals surface area contributed by atoms with Crippen LogP contribution in [0.4, 0.5) is 23.2 Å². The van der Waals surface area contributed by atoms with E-state index < -0.39 is 36.1 Å². The highest BCUT2D eigenvalue weighted by atomic mass is 32.1. The predicted octanol–water partition coefficient (Wildman–Crippen LogP) is 4.18. The summed E-state index contributed by atoms with van der Waals surface area (Å²) in [5.41, 5.74) is 4.86. The number of primary amides is 1. The number of nitrogens with zero attached hydrogens (tertiary/aromatic N) is 4. The van der Waals surface area contributed by atoms with Crippen molar-refractivity contribution in [2.45, 2.75) is 26.7 Å². The van der Waals surface area contributed by atoms with Crippen LogP contribution >= 0.6 is 11.3 Å². The van der Waals surface area contributed by atoms with Crippen LogP contribution in [0, 0.1) is 13.8 Å². The summed E-state index contributed by atoms with van der Waals surface area (Å²) < 4.78 is 53.8. The zero-order chi connectivity index (χ0) is 23.3. The van der Waals surface area contributed by atoms with Crippen molar-refractivity contribution in [3.05, 3.63) is 51.4 Å². The third-order valence-electron chi connectivity index (χ3n) is 4.66. The number of anilines is 1. The van der Waals surface area contributed by atoms with Gasteiger partial charge >= 0.3 is 0 Å². The smallest absolute Gasteiger partial charge is 0.280 e. The Balaban J connectivity index is 1.84. The summed E-state index contributed by atoms with van der Waals surface area (Å²) >= 11 is 0.760. The van der Waals surface area contributed by atoms with Crippen molar-refractivity contribution < 1.29 is 27.2 Å². The Hall–Kier alpha value is -3.61. The van der Waals surface area contributed by atoms with Crippen molar-refractivity contribution in [3.8, 4) is 0 Å². The third-order valence-corrected chi connectivity index (χ3v) is 5.76. The maximum absolute atomic E-state index is 13.3. The molecule has 166 valence electrons. The molecule has 0 fully saturated rings. The highest BCUT2D eigenvalue weighted by Gasteiger charge is 2.25. The van der Waals surface area contributed by atoms with Crippen molar-refractivity contribution in [2.24, 2.45) is 5.73 Å². The number of nitrogens with two attached hydrogens (primary N) is 1. The first-order valence-electron chi connectivity index (χ1n) is 9.05. The lowest BCUT2D eigenvalue weighted by Crippen LogP contribution is -2.17. The van der Waals surface area contributed by atoms with Gasteiger partial charge in [0.1, 0.15) is 26.7 Å². The maximum atomic E-state index is 13.3. The molecule has 0 radical (unpaired) electrons. The fraction of sp³-hybridized carbons (Fsp3) is 0.211. The van der Waals surface area contributed by atoms with Crippen LogP contribution in [0.25, 0.3) is 15.9 Å². The van der Waals surface area contributed by atoms with Gasteiger partial charge in [-0.2, -0.15) is 5.10 Å². The Morgan fingerprint density at radius 2 is 1.84 bits per heavy atom. The number of carbonyl (C=O) groups excluding carboxylic acids is 2. The Morgan fingerprint density at radius 3 is 2.47 bits per heavy atom. The van der Waals surface area contributed by atoms with Gasteiger partial charge in [-0.05, 0) is 31.5 Å². The molecule has 13 heteroatoms.